The van der Waals surface area contributed by atoms with Crippen LogP contribution in [0.3, 0.4) is 0 Å². The lowest BCUT2D eigenvalue weighted by Gasteiger charge is -2.19. The molecule has 2 heterocycles. The van der Waals surface area contributed by atoms with E-state index in [1.165, 1.54) is 12.0 Å². The Hall–Kier alpha value is -2.54. The molecule has 0 unspecified atom stereocenters. The fourth-order valence-electron chi connectivity index (χ4n) is 2.91. The molecule has 6 nitrogen and oxygen atoms in total. The second-order valence-corrected chi connectivity index (χ2v) is 7.11. The Kier molecular flexibility index (Phi) is 5.18. The molecule has 0 aliphatic carbocycles. The molecule has 0 bridgehead atoms. The number of benzene rings is 1. The van der Waals surface area contributed by atoms with E-state index in [2.05, 4.69) is 0 Å². The third-order valence-electron chi connectivity index (χ3n) is 4.49. The zero-order valence-electron chi connectivity index (χ0n) is 14.9. The number of hydrogen-bond acceptors (Lipinski definition) is 5. The van der Waals surface area contributed by atoms with E-state index in [9.17, 15) is 14.4 Å². The van der Waals surface area contributed by atoms with Gasteiger partial charge in [-0.25, -0.2) is 0 Å². The molecular weight excluding hydrogens is 352 g/mol. The molecule has 2 aromatic rings. The highest BCUT2D eigenvalue weighted by Crippen LogP contribution is 2.35. The summed E-state index contributed by atoms with van der Waals surface area (Å²) in [6.07, 6.45) is 4.24. The topological polar surface area (TPSA) is 68.6 Å². The molecule has 3 rings (SSSR count). The minimum absolute atomic E-state index is 0.0825. The van der Waals surface area contributed by atoms with Gasteiger partial charge in [-0.15, -0.1) is 0 Å². The Balaban J connectivity index is 2.01. The zero-order valence-corrected chi connectivity index (χ0v) is 15.7. The number of fused-ring (bicyclic) bond motifs is 1. The van der Waals surface area contributed by atoms with Crippen molar-refractivity contribution in [3.05, 3.63) is 40.9 Å². The highest BCUT2D eigenvalue weighted by Gasteiger charge is 2.37. The Morgan fingerprint density at radius 3 is 2.73 bits per heavy atom. The van der Waals surface area contributed by atoms with E-state index in [4.69, 9.17) is 4.74 Å². The molecule has 1 saturated heterocycles. The Morgan fingerprint density at radius 1 is 1.31 bits per heavy atom. The summed E-state index contributed by atoms with van der Waals surface area (Å²) in [4.78, 5) is 38.2. The van der Waals surface area contributed by atoms with Crippen LogP contribution in [0.2, 0.25) is 0 Å². The van der Waals surface area contributed by atoms with E-state index >= 15 is 0 Å². The Labute approximate surface area is 155 Å². The quantitative estimate of drug-likeness (QED) is 0.592. The molecule has 7 heteroatoms. The zero-order chi connectivity index (χ0) is 18.8. The fraction of sp³-hybridized carbons (Fsp3) is 0.316. The molecule has 0 spiro atoms. The van der Waals surface area contributed by atoms with E-state index in [1.54, 1.807) is 16.8 Å². The summed E-state index contributed by atoms with van der Waals surface area (Å²) in [5.41, 5.74) is 1.66. The van der Waals surface area contributed by atoms with Gasteiger partial charge in [0.1, 0.15) is 6.54 Å². The third-order valence-corrected chi connectivity index (χ3v) is 5.37. The van der Waals surface area contributed by atoms with Crippen molar-refractivity contribution >= 4 is 45.9 Å². The lowest BCUT2D eigenvalue weighted by atomic mass is 10.1. The second kappa shape index (κ2) is 7.37. The second-order valence-electron chi connectivity index (χ2n) is 6.11. The molecule has 1 aliphatic heterocycles. The van der Waals surface area contributed by atoms with Crippen LogP contribution in [0.4, 0.5) is 4.79 Å². The van der Waals surface area contributed by atoms with Gasteiger partial charge in [0.05, 0.1) is 12.0 Å². The molecule has 1 aromatic heterocycles. The van der Waals surface area contributed by atoms with E-state index in [1.807, 2.05) is 38.1 Å². The lowest BCUT2D eigenvalue weighted by molar-refractivity contribution is -0.141. The van der Waals surface area contributed by atoms with Gasteiger partial charge in [0.25, 0.3) is 11.1 Å². The third kappa shape index (κ3) is 3.26. The maximum Gasteiger partial charge on any atom is 0.325 e. The average Bonchev–Trinajstić information content (AvgIpc) is 3.12. The van der Waals surface area contributed by atoms with Gasteiger partial charge in [-0.05, 0) is 37.2 Å². The number of amides is 2. The van der Waals surface area contributed by atoms with Crippen molar-refractivity contribution in [2.45, 2.75) is 32.9 Å². The highest BCUT2D eigenvalue weighted by atomic mass is 32.2. The number of imide groups is 1. The molecule has 1 fully saturated rings. The van der Waals surface area contributed by atoms with Crippen LogP contribution in [-0.4, -0.2) is 39.7 Å². The summed E-state index contributed by atoms with van der Waals surface area (Å²) in [6, 6.07) is 7.48. The first-order valence-corrected chi connectivity index (χ1v) is 9.19. The Bertz CT molecular complexity index is 915. The fourth-order valence-corrected chi connectivity index (χ4v) is 3.83. The minimum atomic E-state index is -0.352. The first-order valence-electron chi connectivity index (χ1n) is 8.38. The molecule has 2 amide bonds. The van der Waals surface area contributed by atoms with Crippen molar-refractivity contribution in [2.75, 3.05) is 7.11 Å². The molecule has 1 aromatic carbocycles. The number of methoxy groups -OCH3 is 1. The number of nitrogens with zero attached hydrogens (tertiary/aromatic N) is 2. The Morgan fingerprint density at radius 2 is 2.04 bits per heavy atom. The maximum atomic E-state index is 12.6. The summed E-state index contributed by atoms with van der Waals surface area (Å²) >= 11 is 0.954. The molecule has 26 heavy (non-hydrogen) atoms. The average molecular weight is 372 g/mol. The molecule has 1 atom stereocenters. The summed E-state index contributed by atoms with van der Waals surface area (Å²) in [5.74, 6) is -0.617. The van der Waals surface area contributed by atoms with E-state index in [0.717, 1.165) is 28.2 Å². The van der Waals surface area contributed by atoms with E-state index in [-0.39, 0.29) is 29.7 Å². The summed E-state index contributed by atoms with van der Waals surface area (Å²) in [5, 5.41) is 0.667. The van der Waals surface area contributed by atoms with Gasteiger partial charge in [-0.2, -0.15) is 0 Å². The van der Waals surface area contributed by atoms with Crippen LogP contribution in [0.5, 0.6) is 0 Å². The van der Waals surface area contributed by atoms with Crippen molar-refractivity contribution in [1.82, 2.24) is 9.47 Å². The summed E-state index contributed by atoms with van der Waals surface area (Å²) in [7, 11) is 1.35. The molecule has 136 valence electrons. The van der Waals surface area contributed by atoms with Crippen LogP contribution in [-0.2, 0) is 20.9 Å². The first-order chi connectivity index (χ1) is 12.5. The van der Waals surface area contributed by atoms with E-state index in [0.29, 0.717) is 11.3 Å². The van der Waals surface area contributed by atoms with Gasteiger partial charge in [0.15, 0.2) is 0 Å². The largest absolute Gasteiger partial charge is 0.468 e. The molecule has 0 N–H and O–H groups in total. The highest BCUT2D eigenvalue weighted by molar-refractivity contribution is 8.18. The number of esters is 1. The number of ether oxygens (including phenoxy) is 1. The number of thioether (sulfide) groups is 1. The predicted octanol–water partition coefficient (Wildman–Crippen LogP) is 3.65. The van der Waals surface area contributed by atoms with Crippen LogP contribution in [0.15, 0.2) is 35.4 Å². The predicted molar refractivity (Wildman–Crippen MR) is 102 cm³/mol. The number of hydrogen-bond donors (Lipinski definition) is 0. The SMILES string of the molecule is CC[C@@H](C)N1C(=O)S/C(=C/c2cn(CC(=O)OC)c3ccccc23)C1=O. The number of rotatable bonds is 5. The smallest absolute Gasteiger partial charge is 0.325 e. The molecule has 0 saturated carbocycles. The first kappa shape index (κ1) is 18.3. The number of carbonyl (C=O) groups is 3. The minimum Gasteiger partial charge on any atom is -0.468 e. The maximum absolute atomic E-state index is 12.6. The van der Waals surface area contributed by atoms with Crippen LogP contribution >= 0.6 is 11.8 Å². The normalized spacial score (nSPS) is 17.3. The van der Waals surface area contributed by atoms with Crippen molar-refractivity contribution in [1.29, 1.82) is 0 Å². The molecular formula is C19H20N2O4S. The summed E-state index contributed by atoms with van der Waals surface area (Å²) < 4.78 is 6.53. The van der Waals surface area contributed by atoms with Gasteiger partial charge in [-0.3, -0.25) is 19.3 Å². The summed E-state index contributed by atoms with van der Waals surface area (Å²) in [6.45, 7) is 3.89. The monoisotopic (exact) mass is 372 g/mol. The number of aromatic nitrogens is 1. The van der Waals surface area contributed by atoms with Gasteiger partial charge in [0.2, 0.25) is 0 Å². The van der Waals surface area contributed by atoms with Crippen LogP contribution in [0.1, 0.15) is 25.8 Å². The van der Waals surface area contributed by atoms with Crippen LogP contribution in [0, 0.1) is 0 Å². The van der Waals surface area contributed by atoms with Crippen LogP contribution in [0.25, 0.3) is 17.0 Å². The van der Waals surface area contributed by atoms with Crippen LogP contribution < -0.4 is 0 Å². The van der Waals surface area contributed by atoms with Gasteiger partial charge in [-0.1, -0.05) is 25.1 Å². The number of para-hydroxylation sites is 1. The van der Waals surface area contributed by atoms with Crippen molar-refractivity contribution in [3.8, 4) is 0 Å². The van der Waals surface area contributed by atoms with Crippen molar-refractivity contribution < 1.29 is 19.1 Å². The van der Waals surface area contributed by atoms with Crippen molar-refractivity contribution in [2.24, 2.45) is 0 Å². The van der Waals surface area contributed by atoms with Gasteiger partial charge < -0.3 is 9.30 Å². The molecule has 0 radical (unpaired) electrons. The van der Waals surface area contributed by atoms with Gasteiger partial charge >= 0.3 is 5.97 Å². The lowest BCUT2D eigenvalue weighted by Crippen LogP contribution is -2.36. The molecule has 1 aliphatic rings. The standard InChI is InChI=1S/C19H20N2O4S/c1-4-12(2)21-18(23)16(26-19(21)24)9-13-10-20(11-17(22)25-3)15-8-6-5-7-14(13)15/h5-10,12H,4,11H2,1-3H3/b16-9+/t12-/m1/s1. The number of carbonyl (C=O) groups excluding carboxylic acids is 3. The van der Waals surface area contributed by atoms with Crippen molar-refractivity contribution in [3.63, 3.8) is 0 Å². The van der Waals surface area contributed by atoms with Gasteiger partial charge in [0, 0.05) is 28.7 Å². The van der Waals surface area contributed by atoms with E-state index < -0.39 is 0 Å².